The fourth-order valence-electron chi connectivity index (χ4n) is 1.89. The Labute approximate surface area is 136 Å². The maximum atomic E-state index is 11.0. The summed E-state index contributed by atoms with van der Waals surface area (Å²) in [6.45, 7) is 0. The molecule has 1 N–H and O–H groups in total. The van der Waals surface area contributed by atoms with Gasteiger partial charge in [0.2, 0.25) is 0 Å². The lowest BCUT2D eigenvalue weighted by Crippen LogP contribution is -2.00. The Bertz CT molecular complexity index is 680. The average molecular weight is 343 g/mol. The Morgan fingerprint density at radius 3 is 2.71 bits per heavy atom. The molecule has 0 radical (unpaired) electrons. The highest BCUT2D eigenvalue weighted by Crippen LogP contribution is 2.36. The Morgan fingerprint density at radius 2 is 2.05 bits per heavy atom. The molecule has 0 unspecified atom stereocenters. The van der Waals surface area contributed by atoms with Crippen LogP contribution in [0.25, 0.3) is 0 Å². The second-order valence-electron chi connectivity index (χ2n) is 4.18. The van der Waals surface area contributed by atoms with E-state index in [-0.39, 0.29) is 5.69 Å². The van der Waals surface area contributed by atoms with E-state index in [1.54, 1.807) is 31.3 Å². The highest BCUT2D eigenvalue weighted by Gasteiger charge is 2.16. The third kappa shape index (κ3) is 3.81. The van der Waals surface area contributed by atoms with Crippen LogP contribution in [-0.2, 0) is 5.75 Å². The van der Waals surface area contributed by atoms with Crippen LogP contribution in [0.3, 0.4) is 0 Å². The number of halogens is 2. The van der Waals surface area contributed by atoms with Crippen molar-refractivity contribution in [2.75, 3.05) is 12.4 Å². The van der Waals surface area contributed by atoms with E-state index in [1.165, 1.54) is 17.8 Å². The van der Waals surface area contributed by atoms with Crippen LogP contribution in [0.1, 0.15) is 5.56 Å². The largest absolute Gasteiger partial charge is 0.382 e. The van der Waals surface area contributed by atoms with Gasteiger partial charge in [-0.25, -0.2) is 0 Å². The number of benzene rings is 2. The van der Waals surface area contributed by atoms with Crippen molar-refractivity contribution in [3.05, 3.63) is 62.1 Å². The zero-order valence-corrected chi connectivity index (χ0v) is 13.4. The summed E-state index contributed by atoms with van der Waals surface area (Å²) < 4.78 is 0. The Kier molecular flexibility index (Phi) is 5.33. The standard InChI is InChI=1S/C14H12Cl2N2O2S/c1-17-14-9(3-2-4-12(14)18(19)20)8-21-13-7-10(15)5-6-11(13)16/h2-7,17H,8H2,1H3. The van der Waals surface area contributed by atoms with Crippen LogP contribution < -0.4 is 5.32 Å². The van der Waals surface area contributed by atoms with E-state index in [0.29, 0.717) is 21.5 Å². The minimum atomic E-state index is -0.396. The Balaban J connectivity index is 2.26. The summed E-state index contributed by atoms with van der Waals surface area (Å²) in [4.78, 5) is 11.5. The van der Waals surface area contributed by atoms with Gasteiger partial charge in [0.25, 0.3) is 5.69 Å². The molecule has 0 aliphatic carbocycles. The molecule has 0 amide bonds. The predicted molar refractivity (Wildman–Crippen MR) is 88.7 cm³/mol. The molecule has 2 aromatic carbocycles. The van der Waals surface area contributed by atoms with E-state index in [1.807, 2.05) is 6.07 Å². The summed E-state index contributed by atoms with van der Waals surface area (Å²) in [5, 5.41) is 15.1. The van der Waals surface area contributed by atoms with Crippen LogP contribution in [0, 0.1) is 10.1 Å². The smallest absolute Gasteiger partial charge is 0.292 e. The summed E-state index contributed by atoms with van der Waals surface area (Å²) in [5.74, 6) is 0.553. The topological polar surface area (TPSA) is 55.2 Å². The molecule has 0 saturated heterocycles. The third-order valence-electron chi connectivity index (χ3n) is 2.85. The van der Waals surface area contributed by atoms with Crippen LogP contribution in [0.15, 0.2) is 41.3 Å². The first-order chi connectivity index (χ1) is 10.0. The molecule has 0 fully saturated rings. The normalized spacial score (nSPS) is 10.4. The highest BCUT2D eigenvalue weighted by atomic mass is 35.5. The van der Waals surface area contributed by atoms with Crippen LogP contribution in [0.5, 0.6) is 0 Å². The van der Waals surface area contributed by atoms with Gasteiger partial charge in [0.05, 0.1) is 9.95 Å². The highest BCUT2D eigenvalue weighted by molar-refractivity contribution is 7.98. The number of para-hydroxylation sites is 1. The van der Waals surface area contributed by atoms with Gasteiger partial charge in [-0.3, -0.25) is 10.1 Å². The number of nitro groups is 1. The van der Waals surface area contributed by atoms with Gasteiger partial charge in [0.15, 0.2) is 0 Å². The van der Waals surface area contributed by atoms with Crippen LogP contribution in [-0.4, -0.2) is 12.0 Å². The lowest BCUT2D eigenvalue weighted by atomic mass is 10.1. The van der Waals surface area contributed by atoms with Crippen molar-refractivity contribution in [1.29, 1.82) is 0 Å². The van der Waals surface area contributed by atoms with Crippen LogP contribution in [0.2, 0.25) is 10.0 Å². The van der Waals surface area contributed by atoms with Crippen molar-refractivity contribution in [2.45, 2.75) is 10.6 Å². The van der Waals surface area contributed by atoms with Gasteiger partial charge in [-0.2, -0.15) is 0 Å². The molecule has 0 saturated carbocycles. The van der Waals surface area contributed by atoms with Crippen molar-refractivity contribution in [2.24, 2.45) is 0 Å². The number of hydrogen-bond donors (Lipinski definition) is 1. The van der Waals surface area contributed by atoms with Crippen LogP contribution >= 0.6 is 35.0 Å². The summed E-state index contributed by atoms with van der Waals surface area (Å²) >= 11 is 13.6. The van der Waals surface area contributed by atoms with E-state index in [0.717, 1.165) is 10.5 Å². The molecule has 110 valence electrons. The molecule has 0 spiro atoms. The first-order valence-electron chi connectivity index (χ1n) is 6.05. The van der Waals surface area contributed by atoms with E-state index < -0.39 is 4.92 Å². The van der Waals surface area contributed by atoms with Gasteiger partial charge < -0.3 is 5.32 Å². The van der Waals surface area contributed by atoms with Gasteiger partial charge in [-0.15, -0.1) is 11.8 Å². The van der Waals surface area contributed by atoms with Crippen LogP contribution in [0.4, 0.5) is 11.4 Å². The Morgan fingerprint density at radius 1 is 1.29 bits per heavy atom. The van der Waals surface area contributed by atoms with Crippen molar-refractivity contribution >= 4 is 46.3 Å². The maximum Gasteiger partial charge on any atom is 0.292 e. The molecule has 2 rings (SSSR count). The van der Waals surface area contributed by atoms with E-state index >= 15 is 0 Å². The number of nitro benzene ring substituents is 1. The monoisotopic (exact) mass is 342 g/mol. The fourth-order valence-corrected chi connectivity index (χ4v) is 3.38. The zero-order valence-electron chi connectivity index (χ0n) is 11.1. The van der Waals surface area contributed by atoms with Crippen molar-refractivity contribution in [1.82, 2.24) is 0 Å². The summed E-state index contributed by atoms with van der Waals surface area (Å²) in [7, 11) is 1.67. The molecule has 0 bridgehead atoms. The first kappa shape index (κ1) is 15.9. The summed E-state index contributed by atoms with van der Waals surface area (Å²) in [6.07, 6.45) is 0. The lowest BCUT2D eigenvalue weighted by Gasteiger charge is -2.10. The minimum absolute atomic E-state index is 0.0628. The number of hydrogen-bond acceptors (Lipinski definition) is 4. The quantitative estimate of drug-likeness (QED) is 0.458. The molecule has 7 heteroatoms. The molecule has 0 aromatic heterocycles. The first-order valence-corrected chi connectivity index (χ1v) is 7.79. The van der Waals surface area contributed by atoms with Crippen molar-refractivity contribution < 1.29 is 4.92 Å². The SMILES string of the molecule is CNc1c(CSc2cc(Cl)ccc2Cl)cccc1[N+](=O)[O-]. The lowest BCUT2D eigenvalue weighted by molar-refractivity contribution is -0.384. The molecule has 0 aliphatic rings. The van der Waals surface area contributed by atoms with Gasteiger partial charge in [0, 0.05) is 28.8 Å². The van der Waals surface area contributed by atoms with E-state index in [4.69, 9.17) is 23.2 Å². The molecule has 2 aromatic rings. The molecule has 21 heavy (non-hydrogen) atoms. The number of nitrogens with one attached hydrogen (secondary N) is 1. The second kappa shape index (κ2) is 7.02. The number of thioether (sulfide) groups is 1. The number of nitrogens with zero attached hydrogens (tertiary/aromatic N) is 1. The molecular formula is C14H12Cl2N2O2S. The van der Waals surface area contributed by atoms with Gasteiger partial charge in [-0.1, -0.05) is 35.3 Å². The summed E-state index contributed by atoms with van der Waals surface area (Å²) in [5.41, 5.74) is 1.42. The molecular weight excluding hydrogens is 331 g/mol. The predicted octanol–water partition coefficient (Wildman–Crippen LogP) is 5.24. The molecule has 0 atom stereocenters. The summed E-state index contributed by atoms with van der Waals surface area (Å²) in [6, 6.07) is 10.2. The number of rotatable bonds is 5. The Hall–Kier alpha value is -1.43. The van der Waals surface area contributed by atoms with E-state index in [9.17, 15) is 10.1 Å². The molecule has 4 nitrogen and oxygen atoms in total. The zero-order chi connectivity index (χ0) is 15.4. The molecule has 0 aliphatic heterocycles. The van der Waals surface area contributed by atoms with E-state index in [2.05, 4.69) is 5.32 Å². The average Bonchev–Trinajstić information content (AvgIpc) is 2.47. The number of anilines is 1. The van der Waals surface area contributed by atoms with Crippen molar-refractivity contribution in [3.8, 4) is 0 Å². The van der Waals surface area contributed by atoms with Gasteiger partial charge in [-0.05, 0) is 23.8 Å². The minimum Gasteiger partial charge on any atom is -0.382 e. The molecule has 0 heterocycles. The second-order valence-corrected chi connectivity index (χ2v) is 6.04. The van der Waals surface area contributed by atoms with Crippen molar-refractivity contribution in [3.63, 3.8) is 0 Å². The third-order valence-corrected chi connectivity index (χ3v) is 4.63. The van der Waals surface area contributed by atoms with Gasteiger partial charge in [0.1, 0.15) is 5.69 Å². The van der Waals surface area contributed by atoms with Gasteiger partial charge >= 0.3 is 0 Å². The fraction of sp³-hybridized carbons (Fsp3) is 0.143. The maximum absolute atomic E-state index is 11.0.